The summed E-state index contributed by atoms with van der Waals surface area (Å²) in [6, 6.07) is 0. The number of ether oxygens (including phenoxy) is 1. The summed E-state index contributed by atoms with van der Waals surface area (Å²) in [7, 11) is 1.69. The highest BCUT2D eigenvalue weighted by atomic mass is 16.5. The lowest BCUT2D eigenvalue weighted by molar-refractivity contribution is -0.128. The number of carbonyl (C=O) groups excluding carboxylic acids is 1. The van der Waals surface area contributed by atoms with Crippen molar-refractivity contribution in [2.75, 3.05) is 20.3 Å². The first-order chi connectivity index (χ1) is 8.08. The Morgan fingerprint density at radius 2 is 2.29 bits per heavy atom. The maximum Gasteiger partial charge on any atom is 0.240 e. The Morgan fingerprint density at radius 1 is 1.53 bits per heavy atom. The third-order valence-corrected chi connectivity index (χ3v) is 3.55. The van der Waals surface area contributed by atoms with E-state index < -0.39 is 5.54 Å². The van der Waals surface area contributed by atoms with Crippen molar-refractivity contribution in [3.63, 3.8) is 0 Å². The lowest BCUT2D eigenvalue weighted by Crippen LogP contribution is -2.56. The molecule has 1 saturated carbocycles. The molecule has 17 heavy (non-hydrogen) atoms. The smallest absolute Gasteiger partial charge is 0.240 e. The minimum atomic E-state index is -0.626. The highest BCUT2D eigenvalue weighted by Crippen LogP contribution is 2.30. The molecule has 4 nitrogen and oxygen atoms in total. The van der Waals surface area contributed by atoms with Crippen LogP contribution in [0.5, 0.6) is 0 Å². The Bertz CT molecular complexity index is 246. The number of methoxy groups -OCH3 is 1. The zero-order chi connectivity index (χ0) is 12.7. The quantitative estimate of drug-likeness (QED) is 0.693. The summed E-state index contributed by atoms with van der Waals surface area (Å²) in [6.45, 7) is 3.63. The van der Waals surface area contributed by atoms with E-state index in [1.54, 1.807) is 7.11 Å². The zero-order valence-corrected chi connectivity index (χ0v) is 11.1. The molecule has 100 valence electrons. The molecule has 4 heteroatoms. The summed E-state index contributed by atoms with van der Waals surface area (Å²) in [6.07, 6.45) is 5.82. The van der Waals surface area contributed by atoms with Gasteiger partial charge in [0.25, 0.3) is 0 Å². The number of amides is 1. The summed E-state index contributed by atoms with van der Waals surface area (Å²) >= 11 is 0. The molecule has 0 radical (unpaired) electrons. The second-order valence-corrected chi connectivity index (χ2v) is 5.31. The number of carbonyl (C=O) groups is 1. The van der Waals surface area contributed by atoms with Crippen molar-refractivity contribution < 1.29 is 9.53 Å². The molecule has 0 heterocycles. The van der Waals surface area contributed by atoms with Crippen LogP contribution in [0.1, 0.15) is 45.4 Å². The van der Waals surface area contributed by atoms with Crippen LogP contribution < -0.4 is 11.1 Å². The van der Waals surface area contributed by atoms with Crippen LogP contribution in [0.3, 0.4) is 0 Å². The minimum Gasteiger partial charge on any atom is -0.385 e. The number of rotatable bonds is 6. The lowest BCUT2D eigenvalue weighted by Gasteiger charge is -2.35. The van der Waals surface area contributed by atoms with E-state index in [0.29, 0.717) is 12.5 Å². The van der Waals surface area contributed by atoms with Gasteiger partial charge in [0, 0.05) is 20.3 Å². The fourth-order valence-electron chi connectivity index (χ4n) is 2.55. The lowest BCUT2D eigenvalue weighted by atomic mass is 9.76. The highest BCUT2D eigenvalue weighted by molar-refractivity contribution is 5.86. The van der Waals surface area contributed by atoms with Crippen LogP contribution in [-0.2, 0) is 9.53 Å². The Morgan fingerprint density at radius 3 is 2.94 bits per heavy atom. The van der Waals surface area contributed by atoms with E-state index in [4.69, 9.17) is 10.5 Å². The van der Waals surface area contributed by atoms with Crippen LogP contribution in [0.2, 0.25) is 0 Å². The first kappa shape index (κ1) is 14.5. The van der Waals surface area contributed by atoms with Gasteiger partial charge in [0.05, 0.1) is 5.54 Å². The van der Waals surface area contributed by atoms with Crippen LogP contribution in [0.25, 0.3) is 0 Å². The Hall–Kier alpha value is -0.610. The Kier molecular flexibility index (Phi) is 5.92. The largest absolute Gasteiger partial charge is 0.385 e. The van der Waals surface area contributed by atoms with E-state index in [1.807, 2.05) is 0 Å². The second-order valence-electron chi connectivity index (χ2n) is 5.31. The van der Waals surface area contributed by atoms with E-state index in [-0.39, 0.29) is 5.91 Å². The van der Waals surface area contributed by atoms with E-state index in [1.165, 1.54) is 6.42 Å². The molecular weight excluding hydrogens is 216 g/mol. The molecule has 1 rings (SSSR count). The van der Waals surface area contributed by atoms with Crippen LogP contribution in [0, 0.1) is 5.92 Å². The molecule has 0 aromatic heterocycles. The van der Waals surface area contributed by atoms with Crippen molar-refractivity contribution in [1.29, 1.82) is 0 Å². The molecular formula is C13H26N2O2. The molecule has 1 aliphatic rings. The SMILES string of the molecule is COCCCCNC(=O)C1(N)CCCC(C)C1. The van der Waals surface area contributed by atoms with Crippen molar-refractivity contribution in [3.8, 4) is 0 Å². The normalized spacial score (nSPS) is 29.0. The van der Waals surface area contributed by atoms with Gasteiger partial charge in [0.15, 0.2) is 0 Å². The molecule has 0 aliphatic heterocycles. The summed E-state index contributed by atoms with van der Waals surface area (Å²) in [5, 5.41) is 2.95. The van der Waals surface area contributed by atoms with Gasteiger partial charge in [0.2, 0.25) is 5.91 Å². The molecule has 0 saturated heterocycles. The molecule has 1 aliphatic carbocycles. The third kappa shape index (κ3) is 4.64. The zero-order valence-electron chi connectivity index (χ0n) is 11.1. The van der Waals surface area contributed by atoms with Crippen LogP contribution in [0.15, 0.2) is 0 Å². The van der Waals surface area contributed by atoms with Crippen LogP contribution >= 0.6 is 0 Å². The molecule has 0 spiro atoms. The van der Waals surface area contributed by atoms with Crippen molar-refractivity contribution in [1.82, 2.24) is 5.32 Å². The second kappa shape index (κ2) is 6.97. The van der Waals surface area contributed by atoms with Crippen molar-refractivity contribution in [2.45, 2.75) is 51.0 Å². The highest BCUT2D eigenvalue weighted by Gasteiger charge is 2.37. The maximum absolute atomic E-state index is 12.0. The molecule has 1 fully saturated rings. The monoisotopic (exact) mass is 242 g/mol. The van der Waals surface area contributed by atoms with Crippen LogP contribution in [0.4, 0.5) is 0 Å². The number of nitrogens with one attached hydrogen (secondary N) is 1. The summed E-state index contributed by atoms with van der Waals surface area (Å²) in [5.41, 5.74) is 5.57. The van der Waals surface area contributed by atoms with E-state index in [0.717, 1.165) is 38.7 Å². The van der Waals surface area contributed by atoms with Crippen LogP contribution in [-0.4, -0.2) is 31.7 Å². The number of hydrogen-bond acceptors (Lipinski definition) is 3. The average molecular weight is 242 g/mol. The van der Waals surface area contributed by atoms with Crippen molar-refractivity contribution in [2.24, 2.45) is 11.7 Å². The fourth-order valence-corrected chi connectivity index (χ4v) is 2.55. The Balaban J connectivity index is 2.26. The maximum atomic E-state index is 12.0. The first-order valence-corrected chi connectivity index (χ1v) is 6.64. The van der Waals surface area contributed by atoms with E-state index >= 15 is 0 Å². The number of unbranched alkanes of at least 4 members (excludes halogenated alkanes) is 1. The van der Waals surface area contributed by atoms with Crippen molar-refractivity contribution in [3.05, 3.63) is 0 Å². The van der Waals surface area contributed by atoms with Gasteiger partial charge in [-0.2, -0.15) is 0 Å². The molecule has 2 unspecified atom stereocenters. The summed E-state index contributed by atoms with van der Waals surface area (Å²) in [4.78, 5) is 12.0. The molecule has 0 aromatic carbocycles. The first-order valence-electron chi connectivity index (χ1n) is 6.64. The van der Waals surface area contributed by atoms with Gasteiger partial charge in [-0.15, -0.1) is 0 Å². The molecule has 0 bridgehead atoms. The fraction of sp³-hybridized carbons (Fsp3) is 0.923. The predicted molar refractivity (Wildman–Crippen MR) is 68.7 cm³/mol. The van der Waals surface area contributed by atoms with Gasteiger partial charge in [-0.25, -0.2) is 0 Å². The topological polar surface area (TPSA) is 64.3 Å². The summed E-state index contributed by atoms with van der Waals surface area (Å²) in [5.74, 6) is 0.592. The molecule has 2 atom stereocenters. The van der Waals surface area contributed by atoms with Gasteiger partial charge < -0.3 is 15.8 Å². The van der Waals surface area contributed by atoms with E-state index in [2.05, 4.69) is 12.2 Å². The number of nitrogens with two attached hydrogens (primary N) is 1. The van der Waals surface area contributed by atoms with Gasteiger partial charge in [-0.05, 0) is 31.6 Å². The average Bonchev–Trinajstić information content (AvgIpc) is 2.28. The van der Waals surface area contributed by atoms with Gasteiger partial charge in [-0.3, -0.25) is 4.79 Å². The predicted octanol–water partition coefficient (Wildman–Crippen LogP) is 1.44. The molecule has 3 N–H and O–H groups in total. The number of hydrogen-bond donors (Lipinski definition) is 2. The standard InChI is InChI=1S/C13H26N2O2/c1-11-6-5-7-13(14,10-11)12(16)15-8-3-4-9-17-2/h11H,3-10,14H2,1-2H3,(H,15,16). The minimum absolute atomic E-state index is 0.0291. The van der Waals surface area contributed by atoms with Gasteiger partial charge in [-0.1, -0.05) is 19.8 Å². The summed E-state index contributed by atoms with van der Waals surface area (Å²) < 4.78 is 4.96. The Labute approximate surface area is 104 Å². The molecule has 0 aromatic rings. The third-order valence-electron chi connectivity index (χ3n) is 3.55. The van der Waals surface area contributed by atoms with Gasteiger partial charge in [0.1, 0.15) is 0 Å². The van der Waals surface area contributed by atoms with Crippen molar-refractivity contribution >= 4 is 5.91 Å². The van der Waals surface area contributed by atoms with E-state index in [9.17, 15) is 4.79 Å². The van der Waals surface area contributed by atoms with Gasteiger partial charge >= 0.3 is 0 Å². The molecule has 1 amide bonds.